The van der Waals surface area contributed by atoms with Crippen LogP contribution in [0.5, 0.6) is 0 Å². The predicted molar refractivity (Wildman–Crippen MR) is 218 cm³/mol. The van der Waals surface area contributed by atoms with Gasteiger partial charge in [0, 0.05) is 16.3 Å². The van der Waals surface area contributed by atoms with Crippen molar-refractivity contribution in [1.29, 1.82) is 0 Å². The zero-order valence-corrected chi connectivity index (χ0v) is 30.7. The van der Waals surface area contributed by atoms with E-state index in [-0.39, 0.29) is 0 Å². The van der Waals surface area contributed by atoms with Gasteiger partial charge in [0.2, 0.25) is 0 Å². The van der Waals surface area contributed by atoms with Crippen molar-refractivity contribution in [2.75, 3.05) is 0 Å². The largest absolute Gasteiger partial charge is 0.495 e. The summed E-state index contributed by atoms with van der Waals surface area (Å²) in [6, 6.07) is 56.3. The van der Waals surface area contributed by atoms with Crippen LogP contribution in [0.1, 0.15) is 72.2 Å². The molecule has 0 unspecified atom stereocenters. The number of furan rings is 1. The van der Waals surface area contributed by atoms with Crippen LogP contribution in [-0.2, 0) is 20.1 Å². The molecule has 0 saturated carbocycles. The van der Waals surface area contributed by atoms with Crippen LogP contribution < -0.4 is 5.46 Å². The lowest BCUT2D eigenvalue weighted by Gasteiger charge is -2.48. The molecular weight excluding hydrogens is 659 g/mol. The van der Waals surface area contributed by atoms with Crippen LogP contribution in [0, 0.1) is 0 Å². The third kappa shape index (κ3) is 3.40. The summed E-state index contributed by atoms with van der Waals surface area (Å²) < 4.78 is 20.8. The second-order valence-electron chi connectivity index (χ2n) is 16.5. The first-order valence-corrected chi connectivity index (χ1v) is 19.1. The number of para-hydroxylation sites is 1. The van der Waals surface area contributed by atoms with E-state index in [2.05, 4.69) is 179 Å². The maximum atomic E-state index is 7.08. The molecule has 0 amide bonds. The first-order valence-electron chi connectivity index (χ1n) is 19.1. The lowest BCUT2D eigenvalue weighted by atomic mass is 9.52. The van der Waals surface area contributed by atoms with Crippen molar-refractivity contribution in [3.8, 4) is 22.3 Å². The molecule has 8 aromatic rings. The summed E-state index contributed by atoms with van der Waals surface area (Å²) in [4.78, 5) is 0. The summed E-state index contributed by atoms with van der Waals surface area (Å²) in [6.07, 6.45) is 0. The summed E-state index contributed by atoms with van der Waals surface area (Å²) in [5.41, 5.74) is 15.8. The Labute approximate surface area is 315 Å². The fraction of sp³-hybridized carbons (Fsp3) is 0.160. The molecule has 0 radical (unpaired) electrons. The minimum Gasteiger partial charge on any atom is -0.456 e. The molecule has 12 rings (SSSR count). The molecular formula is C50H37BO3. The van der Waals surface area contributed by atoms with E-state index >= 15 is 0 Å². The second-order valence-corrected chi connectivity index (χ2v) is 16.5. The minimum atomic E-state index is -0.706. The van der Waals surface area contributed by atoms with E-state index in [1.54, 1.807) is 0 Å². The van der Waals surface area contributed by atoms with Crippen LogP contribution in [0.15, 0.2) is 156 Å². The van der Waals surface area contributed by atoms with Crippen molar-refractivity contribution in [3.63, 3.8) is 0 Å². The van der Waals surface area contributed by atoms with E-state index in [0.29, 0.717) is 0 Å². The molecule has 258 valence electrons. The second kappa shape index (κ2) is 10.1. The van der Waals surface area contributed by atoms with Crippen LogP contribution in [0.2, 0.25) is 0 Å². The van der Waals surface area contributed by atoms with Gasteiger partial charge in [0.25, 0.3) is 0 Å². The molecule has 4 aliphatic rings. The highest BCUT2D eigenvalue weighted by Crippen LogP contribution is 2.68. The number of rotatable bonds is 1. The Balaban J connectivity index is 1.28. The Bertz CT molecular complexity index is 2820. The third-order valence-corrected chi connectivity index (χ3v) is 13.6. The van der Waals surface area contributed by atoms with Crippen molar-refractivity contribution >= 4 is 34.5 Å². The van der Waals surface area contributed by atoms with Crippen LogP contribution in [0.3, 0.4) is 0 Å². The van der Waals surface area contributed by atoms with Crippen molar-refractivity contribution in [1.82, 2.24) is 0 Å². The Morgan fingerprint density at radius 2 is 0.907 bits per heavy atom. The standard InChI is InChI=1S/C50H37BO3/c1-47(2)48(3,4)54-51(53-47)42-26-15-25-41-44(42)34-29-28-33-32-18-7-14-27-43(32)52-46(33)45(34)50(41)39-23-12-10-21-37(39)49(38-22-11-13-24-40(38)50)35-19-8-5-16-30(35)31-17-6-9-20-36(31)49/h5-29H,1-4H3. The average molecular weight is 697 g/mol. The summed E-state index contributed by atoms with van der Waals surface area (Å²) >= 11 is 0. The Morgan fingerprint density at radius 3 is 1.52 bits per heavy atom. The molecule has 4 heteroatoms. The minimum absolute atomic E-state index is 0.484. The lowest BCUT2D eigenvalue weighted by Crippen LogP contribution is -2.44. The van der Waals surface area contributed by atoms with Gasteiger partial charge in [0.15, 0.2) is 0 Å². The highest BCUT2D eigenvalue weighted by molar-refractivity contribution is 6.64. The Kier molecular flexibility index (Phi) is 5.75. The van der Waals surface area contributed by atoms with E-state index in [4.69, 9.17) is 13.7 Å². The number of fused-ring (bicyclic) bond motifs is 20. The van der Waals surface area contributed by atoms with Gasteiger partial charge in [-0.25, -0.2) is 0 Å². The first kappa shape index (κ1) is 30.8. The zero-order chi connectivity index (χ0) is 36.2. The molecule has 0 atom stereocenters. The molecule has 3 nitrogen and oxygen atoms in total. The van der Waals surface area contributed by atoms with Crippen molar-refractivity contribution < 1.29 is 13.7 Å². The molecule has 1 aliphatic heterocycles. The van der Waals surface area contributed by atoms with E-state index in [1.165, 1.54) is 61.2 Å². The van der Waals surface area contributed by atoms with Gasteiger partial charge in [-0.3, -0.25) is 0 Å². The quantitative estimate of drug-likeness (QED) is 0.160. The van der Waals surface area contributed by atoms with Crippen molar-refractivity contribution in [2.45, 2.75) is 49.7 Å². The first-order chi connectivity index (χ1) is 26.3. The topological polar surface area (TPSA) is 31.6 Å². The van der Waals surface area contributed by atoms with Gasteiger partial charge in [-0.15, -0.1) is 0 Å². The van der Waals surface area contributed by atoms with Crippen LogP contribution in [0.25, 0.3) is 44.2 Å². The molecule has 2 spiro atoms. The molecule has 1 fully saturated rings. The fourth-order valence-corrected chi connectivity index (χ4v) is 10.8. The van der Waals surface area contributed by atoms with Gasteiger partial charge in [-0.05, 0) is 106 Å². The number of hydrogen-bond acceptors (Lipinski definition) is 3. The number of benzene rings is 7. The summed E-state index contributed by atoms with van der Waals surface area (Å²) in [5, 5.41) is 2.25. The van der Waals surface area contributed by atoms with Crippen molar-refractivity contribution in [2.24, 2.45) is 0 Å². The van der Waals surface area contributed by atoms with Gasteiger partial charge in [0.1, 0.15) is 11.2 Å². The van der Waals surface area contributed by atoms with Crippen LogP contribution in [-0.4, -0.2) is 18.3 Å². The average Bonchev–Trinajstić information content (AvgIpc) is 3.88. The summed E-state index contributed by atoms with van der Waals surface area (Å²) in [7, 11) is -0.534. The van der Waals surface area contributed by atoms with E-state index < -0.39 is 29.2 Å². The predicted octanol–water partition coefficient (Wildman–Crippen LogP) is 10.9. The molecule has 1 saturated heterocycles. The monoisotopic (exact) mass is 696 g/mol. The highest BCUT2D eigenvalue weighted by Gasteiger charge is 2.61. The molecule has 1 aromatic heterocycles. The van der Waals surface area contributed by atoms with Gasteiger partial charge in [0.05, 0.1) is 22.0 Å². The van der Waals surface area contributed by atoms with Gasteiger partial charge in [-0.1, -0.05) is 140 Å². The van der Waals surface area contributed by atoms with Gasteiger partial charge < -0.3 is 13.7 Å². The van der Waals surface area contributed by atoms with E-state index in [1.807, 2.05) is 0 Å². The Morgan fingerprint density at radius 1 is 0.407 bits per heavy atom. The zero-order valence-electron chi connectivity index (χ0n) is 30.7. The fourth-order valence-electron chi connectivity index (χ4n) is 10.8. The molecule has 2 heterocycles. The Hall–Kier alpha value is -5.68. The van der Waals surface area contributed by atoms with Crippen LogP contribution in [0.4, 0.5) is 0 Å². The molecule has 7 aromatic carbocycles. The summed E-state index contributed by atoms with van der Waals surface area (Å²) in [5.74, 6) is 0. The maximum absolute atomic E-state index is 7.08. The normalized spacial score (nSPS) is 18.4. The molecule has 3 aliphatic carbocycles. The maximum Gasteiger partial charge on any atom is 0.495 e. The number of hydrogen-bond donors (Lipinski definition) is 0. The smallest absolute Gasteiger partial charge is 0.456 e. The molecule has 0 N–H and O–H groups in total. The van der Waals surface area contributed by atoms with Gasteiger partial charge >= 0.3 is 7.12 Å². The third-order valence-electron chi connectivity index (χ3n) is 13.6. The van der Waals surface area contributed by atoms with E-state index in [9.17, 15) is 0 Å². The van der Waals surface area contributed by atoms with E-state index in [0.717, 1.165) is 33.0 Å². The molecule has 0 bridgehead atoms. The molecule has 54 heavy (non-hydrogen) atoms. The lowest BCUT2D eigenvalue weighted by molar-refractivity contribution is 0.00578. The summed E-state index contributed by atoms with van der Waals surface area (Å²) in [6.45, 7) is 8.53. The SMILES string of the molecule is CC1(C)OB(c2cccc3c2-c2ccc4c(oc5ccccc54)c2C32c3ccccc3C3(c4ccccc4-c4ccccc43)c3ccccc32)OC1(C)C. The van der Waals surface area contributed by atoms with Gasteiger partial charge in [-0.2, -0.15) is 0 Å². The van der Waals surface area contributed by atoms with Crippen molar-refractivity contribution in [3.05, 3.63) is 196 Å². The van der Waals surface area contributed by atoms with Crippen LogP contribution >= 0.6 is 0 Å². The highest BCUT2D eigenvalue weighted by atomic mass is 16.7.